The second-order valence-electron chi connectivity index (χ2n) is 4.43. The molecule has 2 aromatic rings. The minimum atomic E-state index is -0.711. The topological polar surface area (TPSA) is 20.2 Å². The monoisotopic (exact) mass is 356 g/mol. The molecular formula is C15H14FIO. The van der Waals surface area contributed by atoms with Gasteiger partial charge in [0.05, 0.1) is 0 Å². The van der Waals surface area contributed by atoms with E-state index in [9.17, 15) is 9.50 Å². The third kappa shape index (κ3) is 2.72. The number of aliphatic hydroxyl groups excluding tert-OH is 1. The standard InChI is InChI=1S/C15H14FIO/c1-9-3-4-10(2)13(7-9)15(18)12-6-5-11(16)8-14(12)17/h3-8,15,18H,1-2H3. The minimum Gasteiger partial charge on any atom is -0.384 e. The number of halogens is 2. The highest BCUT2D eigenvalue weighted by Crippen LogP contribution is 2.29. The summed E-state index contributed by atoms with van der Waals surface area (Å²) >= 11 is 2.05. The molecule has 1 atom stereocenters. The van der Waals surface area contributed by atoms with E-state index in [2.05, 4.69) is 0 Å². The Kier molecular flexibility index (Phi) is 4.02. The first-order valence-electron chi connectivity index (χ1n) is 5.69. The summed E-state index contributed by atoms with van der Waals surface area (Å²) in [5.74, 6) is -0.281. The zero-order valence-corrected chi connectivity index (χ0v) is 12.4. The van der Waals surface area contributed by atoms with Gasteiger partial charge in [0.25, 0.3) is 0 Å². The lowest BCUT2D eigenvalue weighted by Gasteiger charge is -2.16. The van der Waals surface area contributed by atoms with Gasteiger partial charge >= 0.3 is 0 Å². The molecule has 1 unspecified atom stereocenters. The summed E-state index contributed by atoms with van der Waals surface area (Å²) < 4.78 is 13.8. The van der Waals surface area contributed by atoms with E-state index in [0.717, 1.165) is 25.8 Å². The average Bonchev–Trinajstić information content (AvgIpc) is 2.31. The Morgan fingerprint density at radius 3 is 2.44 bits per heavy atom. The molecule has 2 aromatic carbocycles. The molecule has 0 aromatic heterocycles. The molecule has 0 aliphatic carbocycles. The Hall–Kier alpha value is -0.940. The van der Waals surface area contributed by atoms with Gasteiger partial charge in [-0.2, -0.15) is 0 Å². The Morgan fingerprint density at radius 2 is 1.78 bits per heavy atom. The van der Waals surface area contributed by atoms with Crippen molar-refractivity contribution >= 4 is 22.6 Å². The molecule has 2 rings (SSSR count). The fraction of sp³-hybridized carbons (Fsp3) is 0.200. The number of benzene rings is 2. The molecule has 0 fully saturated rings. The van der Waals surface area contributed by atoms with E-state index in [4.69, 9.17) is 0 Å². The van der Waals surface area contributed by atoms with Crippen LogP contribution in [0.25, 0.3) is 0 Å². The largest absolute Gasteiger partial charge is 0.384 e. The van der Waals surface area contributed by atoms with Crippen molar-refractivity contribution in [1.82, 2.24) is 0 Å². The highest BCUT2D eigenvalue weighted by molar-refractivity contribution is 14.1. The molecule has 0 saturated heterocycles. The third-order valence-electron chi connectivity index (χ3n) is 2.99. The fourth-order valence-electron chi connectivity index (χ4n) is 1.95. The maximum Gasteiger partial charge on any atom is 0.124 e. The second-order valence-corrected chi connectivity index (χ2v) is 5.59. The molecule has 0 spiro atoms. The molecule has 0 aliphatic heterocycles. The summed E-state index contributed by atoms with van der Waals surface area (Å²) in [7, 11) is 0. The fourth-order valence-corrected chi connectivity index (χ4v) is 2.72. The van der Waals surface area contributed by atoms with Gasteiger partial charge in [0.15, 0.2) is 0 Å². The first-order chi connectivity index (χ1) is 8.49. The first kappa shape index (κ1) is 13.5. The number of aliphatic hydroxyl groups is 1. The van der Waals surface area contributed by atoms with E-state index in [1.54, 1.807) is 6.07 Å². The van der Waals surface area contributed by atoms with Crippen molar-refractivity contribution in [2.75, 3.05) is 0 Å². The molecule has 0 saturated carbocycles. The van der Waals surface area contributed by atoms with Crippen molar-refractivity contribution in [2.45, 2.75) is 20.0 Å². The minimum absolute atomic E-state index is 0.281. The van der Waals surface area contributed by atoms with Crippen LogP contribution in [0.2, 0.25) is 0 Å². The van der Waals surface area contributed by atoms with E-state index in [1.807, 2.05) is 54.6 Å². The van der Waals surface area contributed by atoms with Gasteiger partial charge < -0.3 is 5.11 Å². The zero-order valence-electron chi connectivity index (χ0n) is 10.2. The van der Waals surface area contributed by atoms with Crippen molar-refractivity contribution in [3.05, 3.63) is 68.0 Å². The summed E-state index contributed by atoms with van der Waals surface area (Å²) in [5.41, 5.74) is 3.75. The molecule has 1 N–H and O–H groups in total. The van der Waals surface area contributed by atoms with Crippen LogP contribution in [-0.4, -0.2) is 5.11 Å². The molecule has 0 amide bonds. The van der Waals surface area contributed by atoms with Crippen LogP contribution in [0.4, 0.5) is 4.39 Å². The SMILES string of the molecule is Cc1ccc(C)c(C(O)c2ccc(F)cc2I)c1. The van der Waals surface area contributed by atoms with Gasteiger partial charge in [0, 0.05) is 3.57 Å². The van der Waals surface area contributed by atoms with E-state index >= 15 is 0 Å². The third-order valence-corrected chi connectivity index (χ3v) is 3.92. The van der Waals surface area contributed by atoms with Crippen LogP contribution in [-0.2, 0) is 0 Å². The smallest absolute Gasteiger partial charge is 0.124 e. The Labute approximate surface area is 120 Å². The van der Waals surface area contributed by atoms with Gasteiger partial charge in [0.2, 0.25) is 0 Å². The number of hydrogen-bond acceptors (Lipinski definition) is 1. The lowest BCUT2D eigenvalue weighted by Crippen LogP contribution is -2.04. The Balaban J connectivity index is 2.47. The number of rotatable bonds is 2. The van der Waals surface area contributed by atoms with Crippen molar-refractivity contribution in [2.24, 2.45) is 0 Å². The summed E-state index contributed by atoms with van der Waals surface area (Å²) in [6, 6.07) is 10.4. The van der Waals surface area contributed by atoms with Gasteiger partial charge in [-0.1, -0.05) is 29.8 Å². The van der Waals surface area contributed by atoms with Crippen molar-refractivity contribution < 1.29 is 9.50 Å². The Morgan fingerprint density at radius 1 is 1.06 bits per heavy atom. The molecular weight excluding hydrogens is 342 g/mol. The van der Waals surface area contributed by atoms with Crippen LogP contribution in [0, 0.1) is 23.2 Å². The Bertz CT molecular complexity index is 581. The summed E-state index contributed by atoms with van der Waals surface area (Å²) in [6.45, 7) is 3.96. The normalized spacial score (nSPS) is 12.5. The van der Waals surface area contributed by atoms with Crippen LogP contribution in [0.1, 0.15) is 28.4 Å². The molecule has 0 radical (unpaired) electrons. The van der Waals surface area contributed by atoms with Crippen LogP contribution < -0.4 is 0 Å². The first-order valence-corrected chi connectivity index (χ1v) is 6.77. The van der Waals surface area contributed by atoms with E-state index in [0.29, 0.717) is 0 Å². The van der Waals surface area contributed by atoms with Gasteiger partial charge in [-0.05, 0) is 65.3 Å². The molecule has 94 valence electrons. The van der Waals surface area contributed by atoms with Gasteiger partial charge in [0.1, 0.15) is 11.9 Å². The predicted molar refractivity (Wildman–Crippen MR) is 79.1 cm³/mol. The van der Waals surface area contributed by atoms with E-state index in [1.165, 1.54) is 12.1 Å². The summed E-state index contributed by atoms with van der Waals surface area (Å²) in [6.07, 6.45) is -0.711. The van der Waals surface area contributed by atoms with Crippen molar-refractivity contribution in [3.63, 3.8) is 0 Å². The van der Waals surface area contributed by atoms with Gasteiger partial charge in [-0.3, -0.25) is 0 Å². The van der Waals surface area contributed by atoms with Gasteiger partial charge in [-0.25, -0.2) is 4.39 Å². The molecule has 18 heavy (non-hydrogen) atoms. The van der Waals surface area contributed by atoms with E-state index < -0.39 is 6.10 Å². The summed E-state index contributed by atoms with van der Waals surface area (Å²) in [5, 5.41) is 10.4. The zero-order chi connectivity index (χ0) is 13.3. The van der Waals surface area contributed by atoms with Crippen LogP contribution >= 0.6 is 22.6 Å². The van der Waals surface area contributed by atoms with Crippen molar-refractivity contribution in [1.29, 1.82) is 0 Å². The highest BCUT2D eigenvalue weighted by atomic mass is 127. The molecule has 0 aliphatic rings. The number of aryl methyl sites for hydroxylation is 2. The summed E-state index contributed by atoms with van der Waals surface area (Å²) in [4.78, 5) is 0. The predicted octanol–water partition coefficient (Wildman–Crippen LogP) is 4.13. The molecule has 3 heteroatoms. The average molecular weight is 356 g/mol. The maximum atomic E-state index is 13.1. The number of hydrogen-bond donors (Lipinski definition) is 1. The van der Waals surface area contributed by atoms with Gasteiger partial charge in [-0.15, -0.1) is 0 Å². The van der Waals surface area contributed by atoms with Crippen LogP contribution in [0.3, 0.4) is 0 Å². The lowest BCUT2D eigenvalue weighted by atomic mass is 9.96. The second kappa shape index (κ2) is 5.36. The lowest BCUT2D eigenvalue weighted by molar-refractivity contribution is 0.218. The van der Waals surface area contributed by atoms with E-state index in [-0.39, 0.29) is 5.82 Å². The molecule has 0 heterocycles. The molecule has 1 nitrogen and oxygen atoms in total. The maximum absolute atomic E-state index is 13.1. The molecule has 0 bridgehead atoms. The van der Waals surface area contributed by atoms with Crippen LogP contribution in [0.5, 0.6) is 0 Å². The highest BCUT2D eigenvalue weighted by Gasteiger charge is 2.16. The van der Waals surface area contributed by atoms with Crippen LogP contribution in [0.15, 0.2) is 36.4 Å². The quantitative estimate of drug-likeness (QED) is 0.803. The van der Waals surface area contributed by atoms with Crippen molar-refractivity contribution in [3.8, 4) is 0 Å².